The highest BCUT2D eigenvalue weighted by atomic mass is 16.6. The van der Waals surface area contributed by atoms with E-state index < -0.39 is 0 Å². The summed E-state index contributed by atoms with van der Waals surface area (Å²) in [4.78, 5) is 12.5. The van der Waals surface area contributed by atoms with Crippen molar-refractivity contribution in [3.05, 3.63) is 29.3 Å². The van der Waals surface area contributed by atoms with Crippen molar-refractivity contribution in [3.63, 3.8) is 0 Å². The minimum absolute atomic E-state index is 0.163. The van der Waals surface area contributed by atoms with Gasteiger partial charge in [-0.25, -0.2) is 4.79 Å². The van der Waals surface area contributed by atoms with Crippen LogP contribution >= 0.6 is 0 Å². The van der Waals surface area contributed by atoms with Crippen LogP contribution in [-0.2, 0) is 12.8 Å². The molecule has 1 aromatic rings. The van der Waals surface area contributed by atoms with Gasteiger partial charge in [0.15, 0.2) is 0 Å². The molecule has 1 aromatic carbocycles. The number of hydrogen-bond acceptors (Lipinski definition) is 2. The van der Waals surface area contributed by atoms with Gasteiger partial charge in [-0.15, -0.1) is 0 Å². The fraction of sp³-hybridized carbons (Fsp3) is 0.720. The number of amides is 1. The Bertz CT molecular complexity index is 637. The largest absolute Gasteiger partial charge is 0.412 e. The van der Waals surface area contributed by atoms with Crippen LogP contribution in [0.25, 0.3) is 0 Å². The third-order valence-corrected chi connectivity index (χ3v) is 6.14. The summed E-state index contributed by atoms with van der Waals surface area (Å²) >= 11 is 0. The first-order valence-electron chi connectivity index (χ1n) is 11.3. The third-order valence-electron chi connectivity index (χ3n) is 6.14. The minimum atomic E-state index is -0.316. The Hall–Kier alpha value is -1.51. The number of rotatable bonds is 9. The van der Waals surface area contributed by atoms with Crippen LogP contribution in [0.5, 0.6) is 5.75 Å². The van der Waals surface area contributed by atoms with Crippen LogP contribution in [0, 0.1) is 10.8 Å². The zero-order chi connectivity index (χ0) is 20.6. The summed E-state index contributed by atoms with van der Waals surface area (Å²) in [5, 5.41) is 3.05. The molecule has 28 heavy (non-hydrogen) atoms. The van der Waals surface area contributed by atoms with Crippen LogP contribution in [0.3, 0.4) is 0 Å². The number of carbonyl (C=O) groups is 1. The monoisotopic (exact) mass is 387 g/mol. The maximum Gasteiger partial charge on any atom is 0.412 e. The lowest BCUT2D eigenvalue weighted by molar-refractivity contribution is 0.0969. The molecule has 0 aliphatic heterocycles. The molecule has 3 heteroatoms. The molecule has 0 heterocycles. The van der Waals surface area contributed by atoms with Crippen molar-refractivity contribution in [1.82, 2.24) is 5.32 Å². The highest BCUT2D eigenvalue weighted by Crippen LogP contribution is 2.45. The summed E-state index contributed by atoms with van der Waals surface area (Å²) in [5.74, 6) is 0.723. The zero-order valence-electron chi connectivity index (χ0n) is 18.8. The van der Waals surface area contributed by atoms with Crippen molar-refractivity contribution in [2.75, 3.05) is 6.54 Å². The van der Waals surface area contributed by atoms with Crippen LogP contribution in [0.2, 0.25) is 0 Å². The normalized spacial score (nSPS) is 21.3. The maximum absolute atomic E-state index is 12.5. The predicted molar refractivity (Wildman–Crippen MR) is 118 cm³/mol. The van der Waals surface area contributed by atoms with Crippen LogP contribution in [0.4, 0.5) is 4.79 Å². The van der Waals surface area contributed by atoms with E-state index in [4.69, 9.17) is 4.74 Å². The number of hydrogen-bond donors (Lipinski definition) is 1. The fourth-order valence-electron chi connectivity index (χ4n) is 4.73. The van der Waals surface area contributed by atoms with Crippen molar-refractivity contribution < 1.29 is 9.53 Å². The molecular weight excluding hydrogens is 346 g/mol. The second kappa shape index (κ2) is 10.3. The van der Waals surface area contributed by atoms with E-state index in [1.165, 1.54) is 37.7 Å². The smallest absolute Gasteiger partial charge is 0.410 e. The van der Waals surface area contributed by atoms with Crippen molar-refractivity contribution >= 4 is 6.09 Å². The Kier molecular flexibility index (Phi) is 8.39. The molecule has 1 fully saturated rings. The Morgan fingerprint density at radius 3 is 2.46 bits per heavy atom. The number of aryl methyl sites for hydroxylation is 2. The molecule has 0 radical (unpaired) electrons. The fourth-order valence-corrected chi connectivity index (χ4v) is 4.73. The first-order chi connectivity index (χ1) is 13.3. The Balaban J connectivity index is 1.97. The lowest BCUT2D eigenvalue weighted by Crippen LogP contribution is -2.41. The quantitative estimate of drug-likeness (QED) is 0.492. The molecule has 1 atom stereocenters. The topological polar surface area (TPSA) is 38.3 Å². The molecule has 1 aliphatic rings. The molecule has 1 N–H and O–H groups in total. The number of carbonyl (C=O) groups excluding carboxylic acids is 1. The summed E-state index contributed by atoms with van der Waals surface area (Å²) in [5.41, 5.74) is 3.03. The highest BCUT2D eigenvalue weighted by Gasteiger charge is 2.36. The lowest BCUT2D eigenvalue weighted by Gasteiger charge is -2.42. The molecule has 0 bridgehead atoms. The average molecular weight is 388 g/mol. The van der Waals surface area contributed by atoms with E-state index in [2.05, 4.69) is 52.1 Å². The van der Waals surface area contributed by atoms with Crippen molar-refractivity contribution in [2.24, 2.45) is 10.8 Å². The molecule has 1 amide bonds. The summed E-state index contributed by atoms with van der Waals surface area (Å²) in [7, 11) is 0. The molecule has 0 spiro atoms. The molecule has 0 aromatic heterocycles. The zero-order valence-corrected chi connectivity index (χ0v) is 18.8. The van der Waals surface area contributed by atoms with Crippen molar-refractivity contribution in [1.29, 1.82) is 0 Å². The average Bonchev–Trinajstić information content (AvgIpc) is 2.63. The van der Waals surface area contributed by atoms with E-state index >= 15 is 0 Å². The van der Waals surface area contributed by atoms with Gasteiger partial charge in [-0.1, -0.05) is 66.0 Å². The second-order valence-electron chi connectivity index (χ2n) is 9.90. The summed E-state index contributed by atoms with van der Waals surface area (Å²) < 4.78 is 5.74. The first kappa shape index (κ1) is 22.8. The molecule has 3 nitrogen and oxygen atoms in total. The Labute approximate surface area is 172 Å². The molecule has 0 saturated heterocycles. The number of unbranched alkanes of at least 4 members (excludes halogenated alkanes) is 2. The maximum atomic E-state index is 12.5. The summed E-state index contributed by atoms with van der Waals surface area (Å²) in [6, 6.07) is 6.33. The SMILES string of the molecule is CCCCc1ccc(OC(=O)NCC2(C)CCCC(C)(C)C2)c(CCCC)c1. The minimum Gasteiger partial charge on any atom is -0.410 e. The third kappa shape index (κ3) is 7.14. The summed E-state index contributed by atoms with van der Waals surface area (Å²) in [6.45, 7) is 12.1. The van der Waals surface area contributed by atoms with Gasteiger partial charge < -0.3 is 10.1 Å². The van der Waals surface area contributed by atoms with E-state index in [9.17, 15) is 4.79 Å². The molecule has 1 aliphatic carbocycles. The van der Waals surface area contributed by atoms with Gasteiger partial charge >= 0.3 is 6.09 Å². The van der Waals surface area contributed by atoms with Crippen LogP contribution in [0.15, 0.2) is 18.2 Å². The summed E-state index contributed by atoms with van der Waals surface area (Å²) in [6.07, 6.45) is 11.2. The lowest BCUT2D eigenvalue weighted by atomic mass is 9.64. The van der Waals surface area contributed by atoms with Crippen molar-refractivity contribution in [3.8, 4) is 5.75 Å². The van der Waals surface area contributed by atoms with Gasteiger partial charge in [-0.2, -0.15) is 0 Å². The van der Waals surface area contributed by atoms with E-state index in [1.807, 2.05) is 6.07 Å². The standard InChI is InChI=1S/C25H41NO2/c1-6-8-11-20-13-14-22(21(17-20)12-9-7-2)28-23(27)26-19-25(5)16-10-15-24(3,4)18-25/h13-14,17H,6-12,15-16,18-19H2,1-5H3,(H,26,27). The van der Waals surface area contributed by atoms with Gasteiger partial charge in [0.2, 0.25) is 0 Å². The van der Waals surface area contributed by atoms with Gasteiger partial charge in [-0.3, -0.25) is 0 Å². The predicted octanol–water partition coefficient (Wildman–Crippen LogP) is 7.07. The van der Waals surface area contributed by atoms with Crippen molar-refractivity contribution in [2.45, 2.75) is 98.8 Å². The van der Waals surface area contributed by atoms with Crippen LogP contribution in [-0.4, -0.2) is 12.6 Å². The Morgan fingerprint density at radius 2 is 1.79 bits per heavy atom. The number of benzene rings is 1. The van der Waals surface area contributed by atoms with E-state index in [0.29, 0.717) is 12.0 Å². The molecule has 1 saturated carbocycles. The van der Waals surface area contributed by atoms with Gasteiger partial charge in [0.25, 0.3) is 0 Å². The highest BCUT2D eigenvalue weighted by molar-refractivity contribution is 5.71. The van der Waals surface area contributed by atoms with Crippen LogP contribution < -0.4 is 10.1 Å². The second-order valence-corrected chi connectivity index (χ2v) is 9.90. The van der Waals surface area contributed by atoms with Gasteiger partial charge in [0, 0.05) is 6.54 Å². The molecule has 1 unspecified atom stereocenters. The number of nitrogens with one attached hydrogen (secondary N) is 1. The molecule has 158 valence electrons. The van der Waals surface area contributed by atoms with E-state index in [-0.39, 0.29) is 11.5 Å². The van der Waals surface area contributed by atoms with Crippen LogP contribution in [0.1, 0.15) is 97.1 Å². The first-order valence-corrected chi connectivity index (χ1v) is 11.3. The van der Waals surface area contributed by atoms with Gasteiger partial charge in [-0.05, 0) is 73.0 Å². The molecule has 2 rings (SSSR count). The van der Waals surface area contributed by atoms with Gasteiger partial charge in [0.1, 0.15) is 5.75 Å². The Morgan fingerprint density at radius 1 is 1.07 bits per heavy atom. The van der Waals surface area contributed by atoms with E-state index in [0.717, 1.165) is 43.4 Å². The number of ether oxygens (including phenoxy) is 1. The van der Waals surface area contributed by atoms with E-state index in [1.54, 1.807) is 0 Å². The van der Waals surface area contributed by atoms with Gasteiger partial charge in [0.05, 0.1) is 0 Å². The molecular formula is C25H41NO2.